The van der Waals surface area contributed by atoms with Gasteiger partial charge in [0.05, 0.1) is 11.8 Å². The predicted molar refractivity (Wildman–Crippen MR) is 190 cm³/mol. The smallest absolute Gasteiger partial charge is 0.309 e. The second kappa shape index (κ2) is 12.2. The molecule has 0 unspecified atom stereocenters. The van der Waals surface area contributed by atoms with Gasteiger partial charge >= 0.3 is 11.9 Å². The SMILES string of the molecule is CC(C)C1=C2[C@H]3CC[C@@H]4[C@@]5(C)CC[C@H](OC(=O)CC(C)(C)C(=O)O)C(C)(C)[C@@H]5CC[C@@]4(C)[C@]3(C)CC[C@@]2(CCNC2CCCC2)CC1=O. The Hall–Kier alpha value is -1.69. The van der Waals surface area contributed by atoms with Crippen LogP contribution >= 0.6 is 0 Å². The molecule has 6 aliphatic rings. The largest absolute Gasteiger partial charge is 0.481 e. The molecule has 5 saturated carbocycles. The fraction of sp³-hybridized carbons (Fsp3) is 0.881. The molecule has 0 aliphatic heterocycles. The van der Waals surface area contributed by atoms with Gasteiger partial charge in [-0.25, -0.2) is 0 Å². The first kappa shape index (κ1) is 36.1. The maximum Gasteiger partial charge on any atom is 0.309 e. The summed E-state index contributed by atoms with van der Waals surface area (Å²) in [5.41, 5.74) is 1.99. The van der Waals surface area contributed by atoms with Gasteiger partial charge in [0.1, 0.15) is 6.10 Å². The van der Waals surface area contributed by atoms with Crippen LogP contribution in [0.5, 0.6) is 0 Å². The molecule has 6 rings (SSSR count). The van der Waals surface area contributed by atoms with E-state index in [2.05, 4.69) is 53.8 Å². The van der Waals surface area contributed by atoms with E-state index in [1.165, 1.54) is 56.9 Å². The number of aliphatic carboxylic acids is 1. The first-order chi connectivity index (χ1) is 22.3. The van der Waals surface area contributed by atoms with E-state index in [1.807, 2.05) is 0 Å². The Balaban J connectivity index is 1.26. The number of allylic oxidation sites excluding steroid dienone is 2. The Bertz CT molecular complexity index is 1340. The summed E-state index contributed by atoms with van der Waals surface area (Å²) in [7, 11) is 0. The zero-order valence-electron chi connectivity index (χ0n) is 31.9. The second-order valence-corrected chi connectivity index (χ2v) is 19.9. The van der Waals surface area contributed by atoms with Crippen LogP contribution in [0, 0.1) is 56.2 Å². The van der Waals surface area contributed by atoms with Crippen LogP contribution in [0.3, 0.4) is 0 Å². The number of hydrogen-bond acceptors (Lipinski definition) is 5. The summed E-state index contributed by atoms with van der Waals surface area (Å²) in [6, 6.07) is 0.661. The first-order valence-electron chi connectivity index (χ1n) is 19.8. The molecule has 48 heavy (non-hydrogen) atoms. The molecule has 0 amide bonds. The van der Waals surface area contributed by atoms with Crippen molar-refractivity contribution >= 4 is 17.7 Å². The molecule has 6 nitrogen and oxygen atoms in total. The molecule has 0 aromatic carbocycles. The van der Waals surface area contributed by atoms with Gasteiger partial charge in [-0.05, 0) is 137 Å². The Kier molecular flexibility index (Phi) is 9.20. The summed E-state index contributed by atoms with van der Waals surface area (Å²) in [6.07, 6.45) is 15.7. The summed E-state index contributed by atoms with van der Waals surface area (Å²) < 4.78 is 6.18. The molecule has 5 fully saturated rings. The minimum Gasteiger partial charge on any atom is -0.481 e. The van der Waals surface area contributed by atoms with E-state index in [4.69, 9.17) is 4.74 Å². The van der Waals surface area contributed by atoms with Crippen LogP contribution < -0.4 is 5.32 Å². The number of Topliss-reactive ketones (excluding diaryl/α,β-unsaturated/α-hetero) is 1. The average molecular weight is 666 g/mol. The van der Waals surface area contributed by atoms with E-state index >= 15 is 0 Å². The molecule has 0 saturated heterocycles. The molecule has 6 heteroatoms. The molecule has 6 aliphatic carbocycles. The fourth-order valence-corrected chi connectivity index (χ4v) is 13.5. The van der Waals surface area contributed by atoms with Crippen LogP contribution in [0.1, 0.15) is 159 Å². The Labute approximate surface area is 291 Å². The minimum atomic E-state index is -1.13. The van der Waals surface area contributed by atoms with Crippen molar-refractivity contribution in [2.45, 2.75) is 171 Å². The monoisotopic (exact) mass is 666 g/mol. The third-order valence-electron chi connectivity index (χ3n) is 16.3. The van der Waals surface area contributed by atoms with Gasteiger partial charge in [-0.3, -0.25) is 14.4 Å². The van der Waals surface area contributed by atoms with Crippen LogP contribution in [0.2, 0.25) is 0 Å². The summed E-state index contributed by atoms with van der Waals surface area (Å²) in [5, 5.41) is 13.5. The van der Waals surface area contributed by atoms with Crippen molar-refractivity contribution < 1.29 is 24.2 Å². The number of rotatable bonds is 9. The zero-order valence-corrected chi connectivity index (χ0v) is 31.9. The molecule has 0 aromatic rings. The lowest BCUT2D eigenvalue weighted by atomic mass is 9.33. The van der Waals surface area contributed by atoms with Gasteiger partial charge in [0.2, 0.25) is 0 Å². The molecule has 8 atom stereocenters. The molecule has 0 heterocycles. The number of carbonyl (C=O) groups excluding carboxylic acids is 2. The third kappa shape index (κ3) is 5.47. The highest BCUT2D eigenvalue weighted by Gasteiger charge is 2.70. The summed E-state index contributed by atoms with van der Waals surface area (Å²) in [6.45, 7) is 21.2. The number of carboxylic acid groups (broad SMARTS) is 1. The molecule has 0 radical (unpaired) electrons. The minimum absolute atomic E-state index is 0.0376. The van der Waals surface area contributed by atoms with E-state index in [1.54, 1.807) is 19.4 Å². The number of carboxylic acids is 1. The number of hydrogen-bond donors (Lipinski definition) is 2. The molecular formula is C42H67NO5. The lowest BCUT2D eigenvalue weighted by Gasteiger charge is -2.72. The number of esters is 1. The lowest BCUT2D eigenvalue weighted by molar-refractivity contribution is -0.233. The van der Waals surface area contributed by atoms with Crippen molar-refractivity contribution in [2.75, 3.05) is 6.54 Å². The lowest BCUT2D eigenvalue weighted by Crippen LogP contribution is -2.65. The second-order valence-electron chi connectivity index (χ2n) is 19.9. The van der Waals surface area contributed by atoms with Crippen LogP contribution in [-0.2, 0) is 19.1 Å². The van der Waals surface area contributed by atoms with Crippen LogP contribution in [0.15, 0.2) is 11.1 Å². The van der Waals surface area contributed by atoms with Gasteiger partial charge in [-0.15, -0.1) is 0 Å². The van der Waals surface area contributed by atoms with Crippen molar-refractivity contribution in [1.29, 1.82) is 0 Å². The van der Waals surface area contributed by atoms with Crippen molar-refractivity contribution in [3.05, 3.63) is 11.1 Å². The zero-order chi connectivity index (χ0) is 35.1. The maximum atomic E-state index is 13.9. The highest BCUT2D eigenvalue weighted by molar-refractivity contribution is 6.00. The summed E-state index contributed by atoms with van der Waals surface area (Å²) >= 11 is 0. The molecule has 2 N–H and O–H groups in total. The molecule has 0 bridgehead atoms. The predicted octanol–water partition coefficient (Wildman–Crippen LogP) is 9.30. The maximum absolute atomic E-state index is 13.9. The highest BCUT2D eigenvalue weighted by Crippen LogP contribution is 2.77. The summed E-state index contributed by atoms with van der Waals surface area (Å²) in [4.78, 5) is 38.7. The van der Waals surface area contributed by atoms with Crippen LogP contribution in [0.25, 0.3) is 0 Å². The number of carbonyl (C=O) groups is 3. The van der Waals surface area contributed by atoms with Gasteiger partial charge in [-0.2, -0.15) is 0 Å². The molecular weight excluding hydrogens is 598 g/mol. The van der Waals surface area contributed by atoms with E-state index in [0.717, 1.165) is 45.1 Å². The highest BCUT2D eigenvalue weighted by atomic mass is 16.5. The van der Waals surface area contributed by atoms with Gasteiger partial charge in [-0.1, -0.05) is 66.9 Å². The van der Waals surface area contributed by atoms with E-state index in [-0.39, 0.29) is 51.5 Å². The van der Waals surface area contributed by atoms with Gasteiger partial charge in [0, 0.05) is 23.3 Å². The quantitative estimate of drug-likeness (QED) is 0.239. The van der Waals surface area contributed by atoms with Crippen molar-refractivity contribution in [3.63, 3.8) is 0 Å². The Morgan fingerprint density at radius 3 is 2.23 bits per heavy atom. The number of ketones is 1. The fourth-order valence-electron chi connectivity index (χ4n) is 13.5. The van der Waals surface area contributed by atoms with Crippen molar-refractivity contribution in [1.82, 2.24) is 5.32 Å². The van der Waals surface area contributed by atoms with Crippen molar-refractivity contribution in [3.8, 4) is 0 Å². The topological polar surface area (TPSA) is 92.7 Å². The third-order valence-corrected chi connectivity index (χ3v) is 16.3. The standard InChI is InChI=1S/C42H67NO5/c1-26(2)34-29(44)24-42(22-23-43-27-12-10-11-13-27)21-20-40(8)28(35(34)42)14-15-31-39(7)18-17-32(48-33(45)25-37(3,4)36(46)47)38(5,6)30(39)16-19-41(31,40)9/h26-28,30-32,43H,10-25H2,1-9H3,(H,46,47)/t28-,30+,31-,32+,39+,40-,41-,42-/m1/s1. The van der Waals surface area contributed by atoms with Crippen LogP contribution in [0.4, 0.5) is 0 Å². The average Bonchev–Trinajstić information content (AvgIpc) is 3.60. The van der Waals surface area contributed by atoms with Crippen molar-refractivity contribution in [2.24, 2.45) is 56.2 Å². The molecule has 270 valence electrons. The first-order valence-corrected chi connectivity index (χ1v) is 19.8. The molecule has 0 spiro atoms. The van der Waals surface area contributed by atoms with Crippen LogP contribution in [-0.4, -0.2) is 41.5 Å². The Morgan fingerprint density at radius 2 is 1.58 bits per heavy atom. The van der Waals surface area contributed by atoms with E-state index in [9.17, 15) is 19.5 Å². The van der Waals surface area contributed by atoms with Gasteiger partial charge in [0.15, 0.2) is 5.78 Å². The van der Waals surface area contributed by atoms with E-state index in [0.29, 0.717) is 29.6 Å². The summed E-state index contributed by atoms with van der Waals surface area (Å²) in [5.74, 6) is 0.860. The number of ether oxygens (including phenoxy) is 1. The molecule has 0 aromatic heterocycles. The normalized spacial score (nSPS) is 41.1. The van der Waals surface area contributed by atoms with Gasteiger partial charge < -0.3 is 15.2 Å². The van der Waals surface area contributed by atoms with Gasteiger partial charge in [0.25, 0.3) is 0 Å². The number of nitrogens with one attached hydrogen (secondary N) is 1. The van der Waals surface area contributed by atoms with E-state index < -0.39 is 11.4 Å². The Morgan fingerprint density at radius 1 is 0.896 bits per heavy atom. The number of fused-ring (bicyclic) bond motifs is 7.